The zero-order valence-corrected chi connectivity index (χ0v) is 18.2. The van der Waals surface area contributed by atoms with Crippen LogP contribution in [0.1, 0.15) is 28.3 Å². The molecule has 5 aromatic rings. The molecule has 0 bridgehead atoms. The minimum absolute atomic E-state index is 0.534. The Bertz CT molecular complexity index is 1370. The van der Waals surface area contributed by atoms with E-state index in [0.29, 0.717) is 23.2 Å². The van der Waals surface area contributed by atoms with Crippen molar-refractivity contribution in [1.29, 1.82) is 0 Å². The van der Waals surface area contributed by atoms with Crippen molar-refractivity contribution in [1.82, 2.24) is 14.8 Å². The fraction of sp³-hybridized carbons (Fsp3) is 0.154. The largest absolute Gasteiger partial charge is 0.420 e. The Morgan fingerprint density at radius 1 is 0.871 bits per heavy atom. The second-order valence-electron chi connectivity index (χ2n) is 7.82. The normalized spacial score (nSPS) is 11.3. The van der Waals surface area contributed by atoms with Crippen LogP contribution in [0.3, 0.4) is 0 Å². The highest BCUT2D eigenvalue weighted by molar-refractivity contribution is 6.30. The molecule has 0 radical (unpaired) electrons. The average molecular weight is 428 g/mol. The second kappa shape index (κ2) is 8.05. The van der Waals surface area contributed by atoms with Gasteiger partial charge in [-0.05, 0) is 60.9 Å². The topological polar surface area (TPSA) is 43.9 Å². The third-order valence-corrected chi connectivity index (χ3v) is 6.02. The van der Waals surface area contributed by atoms with Crippen LogP contribution < -0.4 is 0 Å². The summed E-state index contributed by atoms with van der Waals surface area (Å²) in [4.78, 5) is 0. The SMILES string of the molecule is Cc1c(C)n(Cc2ccccc2)c2ccc(-c3nnc(Cc4cccc(Cl)c4)o3)cc12. The number of halogens is 1. The summed E-state index contributed by atoms with van der Waals surface area (Å²) < 4.78 is 8.33. The highest BCUT2D eigenvalue weighted by Gasteiger charge is 2.15. The van der Waals surface area contributed by atoms with Gasteiger partial charge in [-0.3, -0.25) is 0 Å². The highest BCUT2D eigenvalue weighted by atomic mass is 35.5. The Kier molecular flexibility index (Phi) is 5.08. The minimum Gasteiger partial charge on any atom is -0.420 e. The number of hydrogen-bond acceptors (Lipinski definition) is 3. The van der Waals surface area contributed by atoms with E-state index in [1.165, 1.54) is 27.7 Å². The van der Waals surface area contributed by atoms with Crippen LogP contribution in [0, 0.1) is 13.8 Å². The van der Waals surface area contributed by atoms with Crippen LogP contribution in [0.15, 0.2) is 77.2 Å². The molecular weight excluding hydrogens is 406 g/mol. The summed E-state index contributed by atoms with van der Waals surface area (Å²) in [5.41, 5.74) is 7.00. The van der Waals surface area contributed by atoms with Gasteiger partial charge in [-0.2, -0.15) is 0 Å². The van der Waals surface area contributed by atoms with Crippen molar-refractivity contribution in [3.8, 4) is 11.5 Å². The van der Waals surface area contributed by atoms with Crippen LogP contribution in [-0.4, -0.2) is 14.8 Å². The molecule has 154 valence electrons. The first-order valence-electron chi connectivity index (χ1n) is 10.3. The molecule has 0 atom stereocenters. The molecule has 0 N–H and O–H groups in total. The first kappa shape index (κ1) is 19.6. The van der Waals surface area contributed by atoms with Crippen LogP contribution >= 0.6 is 11.6 Å². The fourth-order valence-electron chi connectivity index (χ4n) is 4.02. The third kappa shape index (κ3) is 3.87. The van der Waals surface area contributed by atoms with Gasteiger partial charge < -0.3 is 8.98 Å². The van der Waals surface area contributed by atoms with E-state index in [-0.39, 0.29) is 0 Å². The molecular formula is C26H22ClN3O. The summed E-state index contributed by atoms with van der Waals surface area (Å²) in [5, 5.41) is 10.4. The molecule has 31 heavy (non-hydrogen) atoms. The molecule has 0 fully saturated rings. The summed E-state index contributed by atoms with van der Waals surface area (Å²) in [6.45, 7) is 5.19. The molecule has 2 aromatic heterocycles. The van der Waals surface area contributed by atoms with E-state index < -0.39 is 0 Å². The number of rotatable bonds is 5. The summed E-state index contributed by atoms with van der Waals surface area (Å²) >= 11 is 6.08. The summed E-state index contributed by atoms with van der Waals surface area (Å²) in [6, 6.07) is 24.6. The maximum atomic E-state index is 6.08. The zero-order valence-electron chi connectivity index (χ0n) is 17.5. The van der Waals surface area contributed by atoms with Gasteiger partial charge in [0.25, 0.3) is 0 Å². The van der Waals surface area contributed by atoms with Crippen LogP contribution in [0.25, 0.3) is 22.4 Å². The van der Waals surface area contributed by atoms with E-state index in [0.717, 1.165) is 17.7 Å². The Balaban J connectivity index is 1.47. The quantitative estimate of drug-likeness (QED) is 0.317. The van der Waals surface area contributed by atoms with Gasteiger partial charge in [0.15, 0.2) is 0 Å². The molecule has 2 heterocycles. The lowest BCUT2D eigenvalue weighted by Gasteiger charge is -2.09. The summed E-state index contributed by atoms with van der Waals surface area (Å²) in [6.07, 6.45) is 0.557. The van der Waals surface area contributed by atoms with Crippen molar-refractivity contribution in [2.75, 3.05) is 0 Å². The lowest BCUT2D eigenvalue weighted by atomic mass is 10.1. The van der Waals surface area contributed by atoms with Gasteiger partial charge in [-0.15, -0.1) is 10.2 Å². The minimum atomic E-state index is 0.534. The maximum absolute atomic E-state index is 6.08. The molecule has 0 amide bonds. The number of hydrogen-bond donors (Lipinski definition) is 0. The first-order chi connectivity index (χ1) is 15.1. The molecule has 0 spiro atoms. The van der Waals surface area contributed by atoms with E-state index in [1.54, 1.807) is 0 Å². The third-order valence-electron chi connectivity index (χ3n) is 5.78. The smallest absolute Gasteiger partial charge is 0.247 e. The Labute approximate surface area is 186 Å². The maximum Gasteiger partial charge on any atom is 0.247 e. The van der Waals surface area contributed by atoms with Crippen molar-refractivity contribution < 1.29 is 4.42 Å². The van der Waals surface area contributed by atoms with Gasteiger partial charge in [-0.1, -0.05) is 54.1 Å². The average Bonchev–Trinajstić information content (AvgIpc) is 3.33. The number of aryl methyl sites for hydroxylation is 1. The Hall–Kier alpha value is -3.37. The van der Waals surface area contributed by atoms with E-state index in [4.69, 9.17) is 16.0 Å². The van der Waals surface area contributed by atoms with Crippen LogP contribution in [0.2, 0.25) is 5.02 Å². The van der Waals surface area contributed by atoms with E-state index in [2.05, 4.69) is 71.1 Å². The monoisotopic (exact) mass is 427 g/mol. The standard InChI is InChI=1S/C26H22ClN3O/c1-17-18(2)30(16-19-7-4-3-5-8-19)24-12-11-21(15-23(17)24)26-29-28-25(31-26)14-20-9-6-10-22(27)13-20/h3-13,15H,14,16H2,1-2H3. The van der Waals surface area contributed by atoms with Gasteiger partial charge in [0.2, 0.25) is 11.8 Å². The van der Waals surface area contributed by atoms with Gasteiger partial charge in [0.1, 0.15) is 0 Å². The molecule has 0 unspecified atom stereocenters. The van der Waals surface area contributed by atoms with E-state index in [1.807, 2.05) is 30.3 Å². The van der Waals surface area contributed by atoms with Gasteiger partial charge in [0.05, 0.1) is 6.42 Å². The number of aromatic nitrogens is 3. The first-order valence-corrected chi connectivity index (χ1v) is 10.7. The number of nitrogens with zero attached hydrogens (tertiary/aromatic N) is 3. The fourth-order valence-corrected chi connectivity index (χ4v) is 4.23. The molecule has 3 aromatic carbocycles. The van der Waals surface area contributed by atoms with Crippen LogP contribution in [-0.2, 0) is 13.0 Å². The number of benzene rings is 3. The van der Waals surface area contributed by atoms with Crippen molar-refractivity contribution in [3.63, 3.8) is 0 Å². The summed E-state index contributed by atoms with van der Waals surface area (Å²) in [7, 11) is 0. The van der Waals surface area contributed by atoms with Crippen molar-refractivity contribution in [2.24, 2.45) is 0 Å². The lowest BCUT2D eigenvalue weighted by Crippen LogP contribution is -2.01. The Morgan fingerprint density at radius 3 is 2.48 bits per heavy atom. The highest BCUT2D eigenvalue weighted by Crippen LogP contribution is 2.30. The van der Waals surface area contributed by atoms with Gasteiger partial charge >= 0.3 is 0 Å². The van der Waals surface area contributed by atoms with E-state index >= 15 is 0 Å². The molecule has 4 nitrogen and oxygen atoms in total. The molecule has 0 aliphatic carbocycles. The molecule has 0 saturated carbocycles. The van der Waals surface area contributed by atoms with Crippen LogP contribution in [0.5, 0.6) is 0 Å². The lowest BCUT2D eigenvalue weighted by molar-refractivity contribution is 0.518. The predicted molar refractivity (Wildman–Crippen MR) is 125 cm³/mol. The van der Waals surface area contributed by atoms with Crippen molar-refractivity contribution in [2.45, 2.75) is 26.8 Å². The van der Waals surface area contributed by atoms with Gasteiger partial charge in [0, 0.05) is 33.7 Å². The number of fused-ring (bicyclic) bond motifs is 1. The van der Waals surface area contributed by atoms with Gasteiger partial charge in [-0.25, -0.2) is 0 Å². The molecule has 0 aliphatic heterocycles. The van der Waals surface area contributed by atoms with Crippen LogP contribution in [0.4, 0.5) is 0 Å². The Morgan fingerprint density at radius 2 is 1.68 bits per heavy atom. The zero-order chi connectivity index (χ0) is 21.4. The molecule has 5 rings (SSSR count). The molecule has 0 aliphatic rings. The second-order valence-corrected chi connectivity index (χ2v) is 8.26. The molecule has 5 heteroatoms. The van der Waals surface area contributed by atoms with Crippen molar-refractivity contribution >= 4 is 22.5 Å². The summed E-state index contributed by atoms with van der Waals surface area (Å²) in [5.74, 6) is 1.11. The predicted octanol–water partition coefficient (Wildman–Crippen LogP) is 6.60. The van der Waals surface area contributed by atoms with E-state index in [9.17, 15) is 0 Å². The van der Waals surface area contributed by atoms with Crippen molar-refractivity contribution in [3.05, 3.63) is 106 Å². The molecule has 0 saturated heterocycles.